The van der Waals surface area contributed by atoms with Gasteiger partial charge in [0.05, 0.1) is 5.75 Å². The Kier molecular flexibility index (Phi) is 7.07. The van der Waals surface area contributed by atoms with Crippen LogP contribution in [0.5, 0.6) is 0 Å². The van der Waals surface area contributed by atoms with Gasteiger partial charge in [0.2, 0.25) is 5.91 Å². The van der Waals surface area contributed by atoms with E-state index in [0.29, 0.717) is 23.1 Å². The molecule has 0 saturated heterocycles. The van der Waals surface area contributed by atoms with Crippen LogP contribution in [0.15, 0.2) is 72.4 Å². The fourth-order valence-electron chi connectivity index (χ4n) is 2.98. The lowest BCUT2D eigenvalue weighted by atomic mass is 9.87. The number of thioether (sulfide) groups is 1. The Morgan fingerprint density at radius 2 is 1.74 bits per heavy atom. The summed E-state index contributed by atoms with van der Waals surface area (Å²) in [5.41, 5.74) is 2.69. The van der Waals surface area contributed by atoms with Crippen molar-refractivity contribution in [2.24, 2.45) is 0 Å². The molecule has 0 bridgehead atoms. The Morgan fingerprint density at radius 3 is 2.35 bits per heavy atom. The molecule has 1 N–H and O–H groups in total. The van der Waals surface area contributed by atoms with Gasteiger partial charge in [-0.2, -0.15) is 0 Å². The number of benzene rings is 2. The molecule has 31 heavy (non-hydrogen) atoms. The number of rotatable bonds is 7. The van der Waals surface area contributed by atoms with Gasteiger partial charge in [-0.05, 0) is 23.1 Å². The highest BCUT2D eigenvalue weighted by Crippen LogP contribution is 2.27. The minimum atomic E-state index is -0.418. The van der Waals surface area contributed by atoms with Crippen molar-refractivity contribution in [3.05, 3.63) is 78.4 Å². The molecule has 0 unspecified atom stereocenters. The van der Waals surface area contributed by atoms with Crippen molar-refractivity contribution in [1.82, 2.24) is 20.1 Å². The zero-order valence-corrected chi connectivity index (χ0v) is 18.8. The second kappa shape index (κ2) is 9.75. The van der Waals surface area contributed by atoms with Gasteiger partial charge in [0.1, 0.15) is 0 Å². The summed E-state index contributed by atoms with van der Waals surface area (Å²) in [5.74, 6) is -0.0401. The molecule has 6 nitrogen and oxygen atoms in total. The van der Waals surface area contributed by atoms with Gasteiger partial charge in [0.15, 0.2) is 11.0 Å². The van der Waals surface area contributed by atoms with Crippen LogP contribution in [0.1, 0.15) is 36.7 Å². The third kappa shape index (κ3) is 5.70. The van der Waals surface area contributed by atoms with E-state index in [1.54, 1.807) is 30.3 Å². The molecule has 0 atom stereocenters. The SMILES string of the molecule is C=CCn1c(SCC(=O)NC(=O)c2ccccc2)nnc1-c1ccc(C(C)(C)C)cc1. The maximum atomic E-state index is 12.2. The highest BCUT2D eigenvalue weighted by atomic mass is 32.2. The highest BCUT2D eigenvalue weighted by Gasteiger charge is 2.18. The van der Waals surface area contributed by atoms with Gasteiger partial charge in [0.25, 0.3) is 5.91 Å². The molecule has 0 radical (unpaired) electrons. The first-order valence-electron chi connectivity index (χ1n) is 9.96. The van der Waals surface area contributed by atoms with Gasteiger partial charge in [-0.25, -0.2) is 0 Å². The maximum absolute atomic E-state index is 12.2. The number of nitrogens with one attached hydrogen (secondary N) is 1. The zero-order chi connectivity index (χ0) is 22.4. The molecule has 1 aromatic heterocycles. The summed E-state index contributed by atoms with van der Waals surface area (Å²) in [6.07, 6.45) is 1.76. The lowest BCUT2D eigenvalue weighted by Crippen LogP contribution is -2.31. The van der Waals surface area contributed by atoms with Crippen molar-refractivity contribution >= 4 is 23.6 Å². The summed E-state index contributed by atoms with van der Waals surface area (Å²) in [6.45, 7) is 10.8. The molecule has 0 aliphatic rings. The van der Waals surface area contributed by atoms with Crippen LogP contribution in [0.4, 0.5) is 0 Å². The van der Waals surface area contributed by atoms with Crippen molar-refractivity contribution in [1.29, 1.82) is 0 Å². The average Bonchev–Trinajstić information content (AvgIpc) is 3.15. The van der Waals surface area contributed by atoms with E-state index >= 15 is 0 Å². The molecular formula is C24H26N4O2S. The first-order valence-corrected chi connectivity index (χ1v) is 10.9. The highest BCUT2D eigenvalue weighted by molar-refractivity contribution is 7.99. The monoisotopic (exact) mass is 434 g/mol. The lowest BCUT2D eigenvalue weighted by Gasteiger charge is -2.19. The number of carbonyl (C=O) groups is 2. The molecule has 7 heteroatoms. The summed E-state index contributed by atoms with van der Waals surface area (Å²) >= 11 is 1.23. The average molecular weight is 435 g/mol. The van der Waals surface area contributed by atoms with E-state index in [1.807, 2.05) is 22.8 Å². The minimum absolute atomic E-state index is 0.0524. The predicted octanol–water partition coefficient (Wildman–Crippen LogP) is 4.48. The quantitative estimate of drug-likeness (QED) is 0.438. The molecule has 3 rings (SSSR count). The van der Waals surface area contributed by atoms with Crippen LogP contribution in [0.2, 0.25) is 0 Å². The fraction of sp³-hybridized carbons (Fsp3) is 0.250. The zero-order valence-electron chi connectivity index (χ0n) is 18.0. The van der Waals surface area contributed by atoms with Crippen molar-refractivity contribution < 1.29 is 9.59 Å². The van der Waals surface area contributed by atoms with Crippen LogP contribution >= 0.6 is 11.8 Å². The second-order valence-electron chi connectivity index (χ2n) is 8.06. The second-order valence-corrected chi connectivity index (χ2v) is 9.01. The Hall–Kier alpha value is -3.19. The van der Waals surface area contributed by atoms with Crippen molar-refractivity contribution in [3.8, 4) is 11.4 Å². The molecule has 3 aromatic rings. The maximum Gasteiger partial charge on any atom is 0.257 e. The smallest absolute Gasteiger partial charge is 0.257 e. The van der Waals surface area contributed by atoms with Crippen LogP contribution in [0.25, 0.3) is 11.4 Å². The number of aromatic nitrogens is 3. The summed E-state index contributed by atoms with van der Waals surface area (Å²) < 4.78 is 1.91. The normalized spacial score (nSPS) is 11.2. The van der Waals surface area contributed by atoms with E-state index in [0.717, 1.165) is 5.56 Å². The van der Waals surface area contributed by atoms with E-state index in [1.165, 1.54) is 17.3 Å². The number of hydrogen-bond acceptors (Lipinski definition) is 5. The van der Waals surface area contributed by atoms with Crippen LogP contribution in [0.3, 0.4) is 0 Å². The number of carbonyl (C=O) groups excluding carboxylic acids is 2. The third-order valence-electron chi connectivity index (χ3n) is 4.66. The van der Waals surface area contributed by atoms with E-state index < -0.39 is 5.91 Å². The molecular weight excluding hydrogens is 408 g/mol. The van der Waals surface area contributed by atoms with Crippen LogP contribution in [0, 0.1) is 0 Å². The molecule has 2 amide bonds. The largest absolute Gasteiger partial charge is 0.298 e. The summed E-state index contributed by atoms with van der Waals surface area (Å²) in [5, 5.41) is 11.6. The van der Waals surface area contributed by atoms with E-state index in [4.69, 9.17) is 0 Å². The molecule has 2 aromatic carbocycles. The lowest BCUT2D eigenvalue weighted by molar-refractivity contribution is -0.117. The Morgan fingerprint density at radius 1 is 1.06 bits per heavy atom. The molecule has 0 fully saturated rings. The van der Waals surface area contributed by atoms with Gasteiger partial charge in [-0.15, -0.1) is 16.8 Å². The van der Waals surface area contributed by atoms with Gasteiger partial charge < -0.3 is 0 Å². The van der Waals surface area contributed by atoms with Crippen molar-refractivity contribution in [3.63, 3.8) is 0 Å². The number of nitrogens with zero attached hydrogens (tertiary/aromatic N) is 3. The van der Waals surface area contributed by atoms with Crippen LogP contribution < -0.4 is 5.32 Å². The molecule has 0 saturated carbocycles. The van der Waals surface area contributed by atoms with Crippen LogP contribution in [-0.2, 0) is 16.8 Å². The van der Waals surface area contributed by atoms with E-state index in [2.05, 4.69) is 55.0 Å². The standard InChI is InChI=1S/C24H26N4O2S/c1-5-15-28-21(17-11-13-19(14-12-17)24(2,3)4)26-27-23(28)31-16-20(29)25-22(30)18-9-7-6-8-10-18/h5-14H,1,15-16H2,2-4H3,(H,25,29,30). The molecule has 0 aliphatic heterocycles. The van der Waals surface area contributed by atoms with Gasteiger partial charge in [-0.3, -0.25) is 19.5 Å². The van der Waals surface area contributed by atoms with Crippen molar-refractivity contribution in [2.75, 3.05) is 5.75 Å². The first kappa shape index (κ1) is 22.5. The minimum Gasteiger partial charge on any atom is -0.298 e. The molecule has 0 aliphatic carbocycles. The van der Waals surface area contributed by atoms with E-state index in [-0.39, 0.29) is 17.1 Å². The number of allylic oxidation sites excluding steroid dienone is 1. The Labute approximate surface area is 186 Å². The first-order chi connectivity index (χ1) is 14.8. The van der Waals surface area contributed by atoms with Gasteiger partial charge in [0, 0.05) is 17.7 Å². The molecule has 160 valence electrons. The van der Waals surface area contributed by atoms with Gasteiger partial charge in [-0.1, -0.05) is 81.1 Å². The summed E-state index contributed by atoms with van der Waals surface area (Å²) in [7, 11) is 0. The Balaban J connectivity index is 1.71. The van der Waals surface area contributed by atoms with E-state index in [9.17, 15) is 9.59 Å². The molecule has 0 spiro atoms. The number of amides is 2. The van der Waals surface area contributed by atoms with Crippen molar-refractivity contribution in [2.45, 2.75) is 37.9 Å². The summed E-state index contributed by atoms with van der Waals surface area (Å²) in [6, 6.07) is 16.9. The number of hydrogen-bond donors (Lipinski definition) is 1. The van der Waals surface area contributed by atoms with Crippen LogP contribution in [-0.4, -0.2) is 32.3 Å². The predicted molar refractivity (Wildman–Crippen MR) is 124 cm³/mol. The molecule has 1 heterocycles. The third-order valence-corrected chi connectivity index (χ3v) is 5.63. The summed E-state index contributed by atoms with van der Waals surface area (Å²) in [4.78, 5) is 24.4. The van der Waals surface area contributed by atoms with Gasteiger partial charge >= 0.3 is 0 Å². The topological polar surface area (TPSA) is 76.9 Å². The Bertz CT molecular complexity index is 1070. The fourth-order valence-corrected chi connectivity index (χ4v) is 3.72. The number of imide groups is 1.